The van der Waals surface area contributed by atoms with Gasteiger partial charge in [-0.15, -0.1) is 11.6 Å². The van der Waals surface area contributed by atoms with Crippen molar-refractivity contribution in [2.75, 3.05) is 0 Å². The number of amides is 1. The highest BCUT2D eigenvalue weighted by Gasteiger charge is 2.24. The number of hydrogen-bond donors (Lipinski definition) is 1. The molecule has 0 radical (unpaired) electrons. The third-order valence-electron chi connectivity index (χ3n) is 3.51. The Morgan fingerprint density at radius 2 is 2.17 bits per heavy atom. The third kappa shape index (κ3) is 3.05. The zero-order valence-electron chi connectivity index (χ0n) is 10.9. The molecule has 0 spiro atoms. The molecule has 1 aromatic rings. The number of aromatic nitrogens is 2. The second-order valence-electron chi connectivity index (χ2n) is 5.04. The lowest BCUT2D eigenvalue weighted by Crippen LogP contribution is -2.40. The molecule has 0 bridgehead atoms. The van der Waals surface area contributed by atoms with Crippen LogP contribution in [-0.4, -0.2) is 27.1 Å². The summed E-state index contributed by atoms with van der Waals surface area (Å²) in [5.74, 6) is -0.0573. The summed E-state index contributed by atoms with van der Waals surface area (Å²) < 4.78 is 1.66. The van der Waals surface area contributed by atoms with Gasteiger partial charge in [-0.1, -0.05) is 19.3 Å². The predicted molar refractivity (Wildman–Crippen MR) is 71.9 cm³/mol. The first kappa shape index (κ1) is 13.4. The number of halogens is 1. The molecule has 1 N–H and O–H groups in total. The van der Waals surface area contributed by atoms with E-state index in [0.717, 1.165) is 31.4 Å². The molecule has 1 heterocycles. The van der Waals surface area contributed by atoms with Crippen molar-refractivity contribution < 1.29 is 4.79 Å². The first-order chi connectivity index (χ1) is 8.58. The lowest BCUT2D eigenvalue weighted by molar-refractivity contribution is 0.0933. The summed E-state index contributed by atoms with van der Waals surface area (Å²) in [7, 11) is 1.82. The highest BCUT2D eigenvalue weighted by molar-refractivity contribution is 6.21. The average molecular weight is 270 g/mol. The van der Waals surface area contributed by atoms with Crippen molar-refractivity contribution in [2.45, 2.75) is 50.4 Å². The number of carbonyl (C=O) groups is 1. The van der Waals surface area contributed by atoms with E-state index in [0.29, 0.717) is 5.56 Å². The summed E-state index contributed by atoms with van der Waals surface area (Å²) in [6.07, 6.45) is 7.22. The number of aryl methyl sites for hydroxylation is 2. The zero-order chi connectivity index (χ0) is 13.1. The van der Waals surface area contributed by atoms with Crippen LogP contribution in [0.4, 0.5) is 0 Å². The van der Waals surface area contributed by atoms with E-state index in [4.69, 9.17) is 11.6 Å². The van der Waals surface area contributed by atoms with Gasteiger partial charge in [-0.3, -0.25) is 9.48 Å². The number of rotatable bonds is 2. The van der Waals surface area contributed by atoms with E-state index in [1.54, 1.807) is 10.9 Å². The van der Waals surface area contributed by atoms with Gasteiger partial charge in [0.1, 0.15) is 0 Å². The molecule has 1 amide bonds. The molecule has 2 rings (SSSR count). The third-order valence-corrected chi connectivity index (χ3v) is 4.03. The Labute approximate surface area is 113 Å². The van der Waals surface area contributed by atoms with Crippen LogP contribution >= 0.6 is 11.6 Å². The fourth-order valence-corrected chi connectivity index (χ4v) is 2.84. The molecule has 2 unspecified atom stereocenters. The Morgan fingerprint density at radius 3 is 2.83 bits per heavy atom. The highest BCUT2D eigenvalue weighted by Crippen LogP contribution is 2.22. The molecule has 1 aliphatic rings. The SMILES string of the molecule is Cc1nn(C)cc1C(=O)NC1CCCCCC1Cl. The van der Waals surface area contributed by atoms with E-state index in [-0.39, 0.29) is 17.3 Å². The van der Waals surface area contributed by atoms with Gasteiger partial charge >= 0.3 is 0 Å². The van der Waals surface area contributed by atoms with Crippen molar-refractivity contribution in [3.63, 3.8) is 0 Å². The van der Waals surface area contributed by atoms with E-state index in [9.17, 15) is 4.79 Å². The topological polar surface area (TPSA) is 46.9 Å². The minimum absolute atomic E-state index is 0.0495. The van der Waals surface area contributed by atoms with Gasteiger partial charge in [0.2, 0.25) is 0 Å². The van der Waals surface area contributed by atoms with Gasteiger partial charge in [-0.05, 0) is 19.8 Å². The molecule has 1 fully saturated rings. The minimum atomic E-state index is -0.0573. The van der Waals surface area contributed by atoms with Crippen LogP contribution in [0.2, 0.25) is 0 Å². The summed E-state index contributed by atoms with van der Waals surface area (Å²) in [6.45, 7) is 1.85. The van der Waals surface area contributed by atoms with Crippen LogP contribution in [0.15, 0.2) is 6.20 Å². The molecular weight excluding hydrogens is 250 g/mol. The first-order valence-electron chi connectivity index (χ1n) is 6.53. The van der Waals surface area contributed by atoms with Crippen LogP contribution in [0.25, 0.3) is 0 Å². The monoisotopic (exact) mass is 269 g/mol. The molecular formula is C13H20ClN3O. The van der Waals surface area contributed by atoms with Crippen molar-refractivity contribution in [3.8, 4) is 0 Å². The summed E-state index contributed by atoms with van der Waals surface area (Å²) in [5, 5.41) is 7.29. The molecule has 0 saturated heterocycles. The Balaban J connectivity index is 2.04. The molecule has 1 aliphatic carbocycles. The molecule has 2 atom stereocenters. The standard InChI is InChI=1S/C13H20ClN3O/c1-9-10(8-17(2)16-9)13(18)15-12-7-5-3-4-6-11(12)14/h8,11-12H,3-7H2,1-2H3,(H,15,18). The lowest BCUT2D eigenvalue weighted by Gasteiger charge is -2.20. The van der Waals surface area contributed by atoms with Crippen LogP contribution in [0.5, 0.6) is 0 Å². The van der Waals surface area contributed by atoms with Crippen LogP contribution < -0.4 is 5.32 Å². The van der Waals surface area contributed by atoms with Crippen molar-refractivity contribution in [3.05, 3.63) is 17.5 Å². The maximum Gasteiger partial charge on any atom is 0.255 e. The van der Waals surface area contributed by atoms with Crippen molar-refractivity contribution in [1.29, 1.82) is 0 Å². The smallest absolute Gasteiger partial charge is 0.255 e. The van der Waals surface area contributed by atoms with Crippen molar-refractivity contribution in [2.24, 2.45) is 7.05 Å². The number of hydrogen-bond acceptors (Lipinski definition) is 2. The maximum atomic E-state index is 12.2. The largest absolute Gasteiger partial charge is 0.348 e. The second kappa shape index (κ2) is 5.74. The van der Waals surface area contributed by atoms with E-state index in [2.05, 4.69) is 10.4 Å². The molecule has 0 aliphatic heterocycles. The highest BCUT2D eigenvalue weighted by atomic mass is 35.5. The lowest BCUT2D eigenvalue weighted by atomic mass is 10.1. The van der Waals surface area contributed by atoms with E-state index in [1.165, 1.54) is 6.42 Å². The number of alkyl halides is 1. The number of nitrogens with zero attached hydrogens (tertiary/aromatic N) is 2. The van der Waals surface area contributed by atoms with E-state index < -0.39 is 0 Å². The van der Waals surface area contributed by atoms with Crippen LogP contribution in [-0.2, 0) is 7.05 Å². The molecule has 5 heteroatoms. The van der Waals surface area contributed by atoms with Crippen molar-refractivity contribution in [1.82, 2.24) is 15.1 Å². The van der Waals surface area contributed by atoms with Gasteiger partial charge < -0.3 is 5.32 Å². The summed E-state index contributed by atoms with van der Waals surface area (Å²) in [5.41, 5.74) is 1.40. The predicted octanol–water partition coefficient (Wildman–Crippen LogP) is 2.40. The summed E-state index contributed by atoms with van der Waals surface area (Å²) in [4.78, 5) is 12.2. The quantitative estimate of drug-likeness (QED) is 0.662. The van der Waals surface area contributed by atoms with Crippen LogP contribution in [0.1, 0.15) is 48.2 Å². The molecule has 1 saturated carbocycles. The second-order valence-corrected chi connectivity index (χ2v) is 5.60. The summed E-state index contributed by atoms with van der Waals surface area (Å²) >= 11 is 6.33. The Kier molecular flexibility index (Phi) is 4.27. The van der Waals surface area contributed by atoms with Crippen LogP contribution in [0.3, 0.4) is 0 Å². The van der Waals surface area contributed by atoms with Crippen LogP contribution in [0, 0.1) is 6.92 Å². The normalized spacial score (nSPS) is 24.6. The Morgan fingerprint density at radius 1 is 1.44 bits per heavy atom. The molecule has 100 valence electrons. The van der Waals surface area contributed by atoms with Crippen molar-refractivity contribution >= 4 is 17.5 Å². The first-order valence-corrected chi connectivity index (χ1v) is 6.96. The molecule has 18 heavy (non-hydrogen) atoms. The fourth-order valence-electron chi connectivity index (χ4n) is 2.49. The minimum Gasteiger partial charge on any atom is -0.348 e. The van der Waals surface area contributed by atoms with Gasteiger partial charge in [-0.2, -0.15) is 5.10 Å². The average Bonchev–Trinajstić information content (AvgIpc) is 2.52. The van der Waals surface area contributed by atoms with Gasteiger partial charge in [0.05, 0.1) is 16.6 Å². The molecule has 4 nitrogen and oxygen atoms in total. The zero-order valence-corrected chi connectivity index (χ0v) is 11.7. The van der Waals surface area contributed by atoms with Gasteiger partial charge in [0, 0.05) is 19.3 Å². The molecule has 0 aromatic carbocycles. The summed E-state index contributed by atoms with van der Waals surface area (Å²) in [6, 6.07) is 0.0845. The fraction of sp³-hybridized carbons (Fsp3) is 0.692. The Bertz CT molecular complexity index is 430. The molecule has 1 aromatic heterocycles. The maximum absolute atomic E-state index is 12.2. The number of nitrogens with one attached hydrogen (secondary N) is 1. The van der Waals surface area contributed by atoms with Gasteiger partial charge in [-0.25, -0.2) is 0 Å². The Hall–Kier alpha value is -1.03. The van der Waals surface area contributed by atoms with Gasteiger partial charge in [0.25, 0.3) is 5.91 Å². The van der Waals surface area contributed by atoms with E-state index in [1.807, 2.05) is 14.0 Å². The van der Waals surface area contributed by atoms with E-state index >= 15 is 0 Å². The number of carbonyl (C=O) groups excluding carboxylic acids is 1. The van der Waals surface area contributed by atoms with Gasteiger partial charge in [0.15, 0.2) is 0 Å².